The minimum absolute atomic E-state index is 0.173. The van der Waals surface area contributed by atoms with Crippen molar-refractivity contribution in [2.24, 2.45) is 23.5 Å². The zero-order valence-corrected chi connectivity index (χ0v) is 34.1. The van der Waals surface area contributed by atoms with Crippen LogP contribution in [0.5, 0.6) is 0 Å². The van der Waals surface area contributed by atoms with Gasteiger partial charge in [0.2, 0.25) is 0 Å². The number of carbonyl (C=O) groups excluding carboxylic acids is 4. The third kappa shape index (κ3) is 14.7. The number of nitrogens with one attached hydrogen (secondary N) is 5. The van der Waals surface area contributed by atoms with Crippen LogP contribution in [0.15, 0.2) is 47.8 Å². The van der Waals surface area contributed by atoms with Crippen molar-refractivity contribution in [1.82, 2.24) is 41.5 Å². The highest BCUT2D eigenvalue weighted by Gasteiger charge is 2.40. The van der Waals surface area contributed by atoms with E-state index in [1.807, 2.05) is 63.4 Å². The lowest BCUT2D eigenvalue weighted by Crippen LogP contribution is -2.59. The molecule has 0 saturated carbocycles. The molecule has 8 N–H and O–H groups in total. The summed E-state index contributed by atoms with van der Waals surface area (Å²) in [5.41, 5.74) is 10.4. The van der Waals surface area contributed by atoms with Gasteiger partial charge in [-0.25, -0.2) is 14.6 Å². The minimum atomic E-state index is -1.38. The first kappa shape index (κ1) is 45.0. The number of amides is 5. The van der Waals surface area contributed by atoms with Gasteiger partial charge in [-0.1, -0.05) is 64.1 Å². The molecule has 2 saturated heterocycles. The van der Waals surface area contributed by atoms with Gasteiger partial charge < -0.3 is 41.6 Å². The molecule has 3 heterocycles. The van der Waals surface area contributed by atoms with Crippen molar-refractivity contribution in [3.8, 4) is 0 Å². The van der Waals surface area contributed by atoms with Crippen LogP contribution < -0.4 is 32.4 Å². The molecule has 1 unspecified atom stereocenters. The predicted molar refractivity (Wildman–Crippen MR) is 216 cm³/mol. The van der Waals surface area contributed by atoms with E-state index >= 15 is 0 Å². The number of hydrogen-bond donors (Lipinski definition) is 7. The van der Waals surface area contributed by atoms with Gasteiger partial charge in [0.15, 0.2) is 5.78 Å². The number of nitrogens with two attached hydrogens (primary N) is 1. The van der Waals surface area contributed by atoms with E-state index in [4.69, 9.17) is 15.2 Å². The van der Waals surface area contributed by atoms with Crippen LogP contribution in [0.3, 0.4) is 0 Å². The standard InChI is InChI=1S/C39H63N9O7S/c1-27(2)34(43-38(52)41-12-14-46-16-20-54-21-17-46)36(50)32(33(40)29-9-6-5-7-10-29)31(49)26-48(25-30-11-8-24-56-30)45-37(51)35(28(3)4)44-39(53)42-13-15-47-18-22-55-23-19-47/h5-11,24,27-28,31-35,49H,12-23,25-26,40H2,1-4H3,(H,45,51)(H2,41,43,52)(H2,42,44,53)/t31-,32-,33?,34+,35+/m1/s1. The van der Waals surface area contributed by atoms with Gasteiger partial charge in [-0.15, -0.1) is 11.3 Å². The minimum Gasteiger partial charge on any atom is -0.391 e. The molecule has 1 aromatic heterocycles. The van der Waals surface area contributed by atoms with Gasteiger partial charge in [-0.2, -0.15) is 0 Å². The molecule has 56 heavy (non-hydrogen) atoms. The van der Waals surface area contributed by atoms with Crippen LogP contribution in [0.4, 0.5) is 9.59 Å². The molecular weight excluding hydrogens is 739 g/mol. The van der Waals surface area contributed by atoms with Crippen LogP contribution in [-0.2, 0) is 25.6 Å². The topological polar surface area (TPSA) is 203 Å². The first-order valence-electron chi connectivity index (χ1n) is 19.7. The summed E-state index contributed by atoms with van der Waals surface area (Å²) in [6, 6.07) is 9.09. The zero-order valence-electron chi connectivity index (χ0n) is 33.3. The van der Waals surface area contributed by atoms with Gasteiger partial charge in [-0.05, 0) is 28.8 Å². The predicted octanol–water partition coefficient (Wildman–Crippen LogP) is 1.14. The highest BCUT2D eigenvalue weighted by molar-refractivity contribution is 7.09. The smallest absolute Gasteiger partial charge is 0.315 e. The monoisotopic (exact) mass is 801 g/mol. The van der Waals surface area contributed by atoms with E-state index in [1.165, 1.54) is 11.3 Å². The molecule has 1 aromatic carbocycles. The zero-order chi connectivity index (χ0) is 40.5. The molecule has 0 spiro atoms. The molecule has 0 radical (unpaired) electrons. The average Bonchev–Trinajstić information content (AvgIpc) is 3.70. The molecule has 2 aliphatic rings. The largest absolute Gasteiger partial charge is 0.391 e. The van der Waals surface area contributed by atoms with E-state index in [1.54, 1.807) is 17.1 Å². The Morgan fingerprint density at radius 2 is 1.34 bits per heavy atom. The molecule has 312 valence electrons. The molecule has 0 bridgehead atoms. The second kappa shape index (κ2) is 23.5. The summed E-state index contributed by atoms with van der Waals surface area (Å²) in [5.74, 6) is -2.67. The van der Waals surface area contributed by atoms with Crippen molar-refractivity contribution in [1.29, 1.82) is 0 Å². The van der Waals surface area contributed by atoms with E-state index in [-0.39, 0.29) is 24.9 Å². The van der Waals surface area contributed by atoms with Gasteiger partial charge >= 0.3 is 12.1 Å². The Morgan fingerprint density at radius 1 is 0.804 bits per heavy atom. The average molecular weight is 802 g/mol. The van der Waals surface area contributed by atoms with Crippen molar-refractivity contribution >= 4 is 35.1 Å². The van der Waals surface area contributed by atoms with Gasteiger partial charge in [0.05, 0.1) is 51.0 Å². The number of hydrogen-bond acceptors (Lipinski definition) is 12. The highest BCUT2D eigenvalue weighted by Crippen LogP contribution is 2.27. The molecule has 17 heteroatoms. The number of thiophene rings is 1. The molecule has 0 aliphatic carbocycles. The van der Waals surface area contributed by atoms with Crippen molar-refractivity contribution < 1.29 is 33.8 Å². The Hall–Kier alpha value is -3.68. The summed E-state index contributed by atoms with van der Waals surface area (Å²) in [4.78, 5) is 59.8. The normalized spacial score (nSPS) is 18.2. The Kier molecular flexibility index (Phi) is 18.9. The Bertz CT molecular complexity index is 1470. The fourth-order valence-corrected chi connectivity index (χ4v) is 7.51. The molecular formula is C39H63N9O7S. The summed E-state index contributed by atoms with van der Waals surface area (Å²) >= 11 is 1.48. The van der Waals surface area contributed by atoms with E-state index < -0.39 is 53.9 Å². The van der Waals surface area contributed by atoms with Gasteiger partial charge in [0.25, 0.3) is 5.91 Å². The Balaban J connectivity index is 1.48. The number of aliphatic hydroxyl groups is 1. The van der Waals surface area contributed by atoms with E-state index in [9.17, 15) is 24.3 Å². The van der Waals surface area contributed by atoms with Crippen LogP contribution in [0.1, 0.15) is 44.2 Å². The van der Waals surface area contributed by atoms with Crippen LogP contribution in [-0.4, -0.2) is 147 Å². The number of urea groups is 2. The van der Waals surface area contributed by atoms with Crippen LogP contribution >= 0.6 is 11.3 Å². The molecule has 2 fully saturated rings. The Labute approximate surface area is 335 Å². The summed E-state index contributed by atoms with van der Waals surface area (Å²) in [6.07, 6.45) is -1.38. The SMILES string of the molecule is CC(C)[C@H](NC(=O)NCCN1CCOCC1)C(=O)NN(Cc1cccs1)C[C@@H](O)[C@@H](C(=O)[C@@H](NC(=O)NCCN1CCOCC1)C(C)C)C(N)c1ccccc1. The molecule has 2 aromatic rings. The molecule has 5 amide bonds. The van der Waals surface area contributed by atoms with Crippen molar-refractivity contribution in [3.63, 3.8) is 0 Å². The third-order valence-electron chi connectivity index (χ3n) is 10.0. The molecule has 2 aliphatic heterocycles. The number of nitrogens with zero attached hydrogens (tertiary/aromatic N) is 3. The lowest BCUT2D eigenvalue weighted by atomic mass is 9.80. The summed E-state index contributed by atoms with van der Waals surface area (Å²) in [5, 5.41) is 26.9. The first-order chi connectivity index (χ1) is 26.9. The maximum Gasteiger partial charge on any atom is 0.315 e. The van der Waals surface area contributed by atoms with Gasteiger partial charge in [-0.3, -0.25) is 24.8 Å². The molecule has 4 rings (SSSR count). The quantitative estimate of drug-likeness (QED) is 0.0893. The van der Waals surface area contributed by atoms with E-state index in [2.05, 4.69) is 36.5 Å². The van der Waals surface area contributed by atoms with E-state index in [0.29, 0.717) is 58.2 Å². The number of hydrazine groups is 1. The van der Waals surface area contributed by atoms with Gasteiger partial charge in [0.1, 0.15) is 6.04 Å². The van der Waals surface area contributed by atoms with Crippen LogP contribution in [0.25, 0.3) is 0 Å². The number of morpholine rings is 2. The van der Waals surface area contributed by atoms with Crippen molar-refractivity contribution in [3.05, 3.63) is 58.3 Å². The number of ketones is 1. The lowest BCUT2D eigenvalue weighted by Gasteiger charge is -2.35. The number of carbonyl (C=O) groups is 4. The summed E-state index contributed by atoms with van der Waals surface area (Å²) in [7, 11) is 0. The molecule has 16 nitrogen and oxygen atoms in total. The van der Waals surface area contributed by atoms with Crippen molar-refractivity contribution in [2.45, 2.75) is 58.5 Å². The maximum atomic E-state index is 14.6. The molecule has 5 atom stereocenters. The number of benzene rings is 1. The number of Topliss-reactive ketones (excluding diaryl/α,β-unsaturated/α-hetero) is 1. The lowest BCUT2D eigenvalue weighted by molar-refractivity contribution is -0.133. The fourth-order valence-electron chi connectivity index (χ4n) is 6.79. The number of aliphatic hydroxyl groups excluding tert-OH is 1. The number of ether oxygens (including phenoxy) is 2. The highest BCUT2D eigenvalue weighted by atomic mass is 32.1. The van der Waals surface area contributed by atoms with Gasteiger partial charge in [0, 0.05) is 69.8 Å². The van der Waals surface area contributed by atoms with Crippen molar-refractivity contribution in [2.75, 3.05) is 85.3 Å². The summed E-state index contributed by atoms with van der Waals surface area (Å²) < 4.78 is 10.8. The third-order valence-corrected chi connectivity index (χ3v) is 10.9. The second-order valence-electron chi connectivity index (χ2n) is 15.0. The van der Waals surface area contributed by atoms with Crippen LogP contribution in [0, 0.1) is 17.8 Å². The van der Waals surface area contributed by atoms with E-state index in [0.717, 1.165) is 31.1 Å². The maximum absolute atomic E-state index is 14.6. The second-order valence-corrected chi connectivity index (χ2v) is 16.1. The Morgan fingerprint density at radius 3 is 1.84 bits per heavy atom. The van der Waals surface area contributed by atoms with Crippen LogP contribution in [0.2, 0.25) is 0 Å². The first-order valence-corrected chi connectivity index (χ1v) is 20.6. The fraction of sp³-hybridized carbons (Fsp3) is 0.641. The number of rotatable bonds is 21. The summed E-state index contributed by atoms with van der Waals surface area (Å²) in [6.45, 7) is 15.3.